The summed E-state index contributed by atoms with van der Waals surface area (Å²) in [5.41, 5.74) is 0.696. The zero-order valence-electron chi connectivity index (χ0n) is 11.9. The van der Waals surface area contributed by atoms with E-state index in [1.807, 2.05) is 19.1 Å². The summed E-state index contributed by atoms with van der Waals surface area (Å²) in [5.74, 6) is 2.47. The number of unbranched alkanes of at least 4 members (excludes halogenated alkanes) is 7. The summed E-state index contributed by atoms with van der Waals surface area (Å²) in [6.07, 6.45) is 20.3. The van der Waals surface area contributed by atoms with Gasteiger partial charge in [-0.1, -0.05) is 37.8 Å². The first-order valence-corrected chi connectivity index (χ1v) is 7.27. The molecule has 0 aromatic rings. The molecule has 1 aliphatic rings. The number of ether oxygens (including phenoxy) is 1. The number of hydrogen-bond acceptors (Lipinski definition) is 2. The Morgan fingerprint density at radius 2 is 1.95 bits per heavy atom. The lowest BCUT2D eigenvalue weighted by Gasteiger charge is -1.98. The highest BCUT2D eigenvalue weighted by molar-refractivity contribution is 5.93. The zero-order chi connectivity index (χ0) is 13.9. The van der Waals surface area contributed by atoms with E-state index in [9.17, 15) is 4.79 Å². The molecular weight excluding hydrogens is 236 g/mol. The maximum absolute atomic E-state index is 11.3. The number of terminal acetylenes is 1. The first-order chi connectivity index (χ1) is 9.24. The third-order valence-electron chi connectivity index (χ3n) is 3.18. The fourth-order valence-electron chi connectivity index (χ4n) is 2.12. The fraction of sp³-hybridized carbons (Fsp3) is 0.588. The van der Waals surface area contributed by atoms with E-state index < -0.39 is 0 Å². The van der Waals surface area contributed by atoms with Gasteiger partial charge in [0.05, 0.1) is 5.57 Å². The van der Waals surface area contributed by atoms with Crippen molar-refractivity contribution < 1.29 is 9.53 Å². The number of hydrogen-bond donors (Lipinski definition) is 0. The number of esters is 1. The molecule has 1 aliphatic heterocycles. The second kappa shape index (κ2) is 9.44. The lowest BCUT2D eigenvalue weighted by atomic mass is 10.1. The van der Waals surface area contributed by atoms with Crippen molar-refractivity contribution in [2.45, 2.75) is 64.4 Å². The Kier molecular flexibility index (Phi) is 7.74. The molecule has 0 saturated carbocycles. The lowest BCUT2D eigenvalue weighted by molar-refractivity contribution is -0.138. The third kappa shape index (κ3) is 6.86. The van der Waals surface area contributed by atoms with Crippen molar-refractivity contribution in [1.82, 2.24) is 0 Å². The summed E-state index contributed by atoms with van der Waals surface area (Å²) in [6.45, 7) is 1.87. The van der Waals surface area contributed by atoms with Gasteiger partial charge in [0.25, 0.3) is 0 Å². The molecular formula is C17H24O2. The second-order valence-corrected chi connectivity index (χ2v) is 5.00. The summed E-state index contributed by atoms with van der Waals surface area (Å²) in [5, 5.41) is 0. The van der Waals surface area contributed by atoms with Crippen LogP contribution in [0, 0.1) is 12.3 Å². The van der Waals surface area contributed by atoms with E-state index >= 15 is 0 Å². The summed E-state index contributed by atoms with van der Waals surface area (Å²) < 4.78 is 5.02. The van der Waals surface area contributed by atoms with Crippen LogP contribution in [0.15, 0.2) is 23.8 Å². The van der Waals surface area contributed by atoms with Crippen molar-refractivity contribution in [1.29, 1.82) is 0 Å². The van der Waals surface area contributed by atoms with Gasteiger partial charge < -0.3 is 4.74 Å². The number of rotatable bonds is 9. The van der Waals surface area contributed by atoms with E-state index in [0.29, 0.717) is 5.57 Å². The summed E-state index contributed by atoms with van der Waals surface area (Å²) >= 11 is 0. The van der Waals surface area contributed by atoms with Crippen molar-refractivity contribution >= 4 is 5.97 Å². The Bertz CT molecular complexity index is 371. The summed E-state index contributed by atoms with van der Waals surface area (Å²) in [7, 11) is 0. The highest BCUT2D eigenvalue weighted by Crippen LogP contribution is 2.15. The first kappa shape index (κ1) is 15.6. The maximum Gasteiger partial charge on any atom is 0.338 e. The molecule has 0 amide bonds. The largest absolute Gasteiger partial charge is 0.455 e. The Labute approximate surface area is 116 Å². The SMILES string of the molecule is C#CCCCCCCCC/C=C/C1=C[C@@H](C)OC1=O. The Morgan fingerprint density at radius 3 is 2.58 bits per heavy atom. The van der Waals surface area contributed by atoms with Crippen molar-refractivity contribution in [2.75, 3.05) is 0 Å². The van der Waals surface area contributed by atoms with Gasteiger partial charge in [0.1, 0.15) is 6.10 Å². The summed E-state index contributed by atoms with van der Waals surface area (Å²) in [6, 6.07) is 0. The molecule has 0 unspecified atom stereocenters. The van der Waals surface area contributed by atoms with Gasteiger partial charge in [0, 0.05) is 6.42 Å². The number of carbonyl (C=O) groups is 1. The maximum atomic E-state index is 11.3. The smallest absolute Gasteiger partial charge is 0.338 e. The molecule has 0 aromatic carbocycles. The molecule has 0 bridgehead atoms. The van der Waals surface area contributed by atoms with Crippen LogP contribution in [0.25, 0.3) is 0 Å². The highest BCUT2D eigenvalue weighted by atomic mass is 16.5. The topological polar surface area (TPSA) is 26.3 Å². The molecule has 1 rings (SSSR count). The Hall–Kier alpha value is -1.49. The molecule has 2 nitrogen and oxygen atoms in total. The van der Waals surface area contributed by atoms with Gasteiger partial charge in [-0.25, -0.2) is 4.79 Å². The van der Waals surface area contributed by atoms with Crippen LogP contribution in [0.5, 0.6) is 0 Å². The molecule has 0 aromatic heterocycles. The van der Waals surface area contributed by atoms with E-state index in [-0.39, 0.29) is 12.1 Å². The molecule has 0 radical (unpaired) electrons. The molecule has 0 fully saturated rings. The number of allylic oxidation sites excluding steroid dienone is 1. The minimum atomic E-state index is -0.197. The van der Waals surface area contributed by atoms with Crippen molar-refractivity contribution in [2.24, 2.45) is 0 Å². The quantitative estimate of drug-likeness (QED) is 0.353. The minimum absolute atomic E-state index is 0.0739. The van der Waals surface area contributed by atoms with Gasteiger partial charge in [0.2, 0.25) is 0 Å². The van der Waals surface area contributed by atoms with Crippen LogP contribution in [-0.2, 0) is 9.53 Å². The van der Waals surface area contributed by atoms with Crippen LogP contribution < -0.4 is 0 Å². The van der Waals surface area contributed by atoms with E-state index in [1.54, 1.807) is 0 Å². The Balaban J connectivity index is 1.98. The van der Waals surface area contributed by atoms with Crippen LogP contribution in [0.2, 0.25) is 0 Å². The van der Waals surface area contributed by atoms with Gasteiger partial charge in [0.15, 0.2) is 0 Å². The van der Waals surface area contributed by atoms with E-state index in [4.69, 9.17) is 11.2 Å². The molecule has 0 spiro atoms. The monoisotopic (exact) mass is 260 g/mol. The normalized spacial score (nSPS) is 18.4. The van der Waals surface area contributed by atoms with Crippen LogP contribution in [0.4, 0.5) is 0 Å². The highest BCUT2D eigenvalue weighted by Gasteiger charge is 2.19. The van der Waals surface area contributed by atoms with E-state index in [1.165, 1.54) is 32.1 Å². The molecule has 0 aliphatic carbocycles. The van der Waals surface area contributed by atoms with Crippen LogP contribution in [0.1, 0.15) is 58.3 Å². The third-order valence-corrected chi connectivity index (χ3v) is 3.18. The van der Waals surface area contributed by atoms with Crippen molar-refractivity contribution in [3.63, 3.8) is 0 Å². The van der Waals surface area contributed by atoms with Gasteiger partial charge >= 0.3 is 5.97 Å². The van der Waals surface area contributed by atoms with Gasteiger partial charge in [-0.05, 0) is 32.3 Å². The summed E-state index contributed by atoms with van der Waals surface area (Å²) in [4.78, 5) is 11.3. The van der Waals surface area contributed by atoms with Crippen LogP contribution in [-0.4, -0.2) is 12.1 Å². The van der Waals surface area contributed by atoms with Crippen molar-refractivity contribution in [3.05, 3.63) is 23.8 Å². The molecule has 0 N–H and O–H groups in total. The number of carbonyl (C=O) groups excluding carboxylic acids is 1. The van der Waals surface area contributed by atoms with Gasteiger partial charge in [-0.15, -0.1) is 12.3 Å². The predicted molar refractivity (Wildman–Crippen MR) is 78.5 cm³/mol. The van der Waals surface area contributed by atoms with Crippen LogP contribution >= 0.6 is 0 Å². The molecule has 2 heteroatoms. The van der Waals surface area contributed by atoms with Crippen molar-refractivity contribution in [3.8, 4) is 12.3 Å². The fourth-order valence-corrected chi connectivity index (χ4v) is 2.12. The molecule has 19 heavy (non-hydrogen) atoms. The molecule has 104 valence electrons. The number of cyclic esters (lactones) is 1. The van der Waals surface area contributed by atoms with Gasteiger partial charge in [-0.2, -0.15) is 0 Å². The van der Waals surface area contributed by atoms with Crippen LogP contribution in [0.3, 0.4) is 0 Å². The molecule has 1 atom stereocenters. The Morgan fingerprint density at radius 1 is 1.26 bits per heavy atom. The molecule has 0 saturated heterocycles. The second-order valence-electron chi connectivity index (χ2n) is 5.00. The van der Waals surface area contributed by atoms with E-state index in [0.717, 1.165) is 19.3 Å². The van der Waals surface area contributed by atoms with Gasteiger partial charge in [-0.3, -0.25) is 0 Å². The standard InChI is InChI=1S/C17H24O2/c1-3-4-5-6-7-8-9-10-11-12-13-16-14-15(2)19-17(16)18/h1,12-15H,4-11H2,2H3/b13-12+/t15-/m1/s1. The lowest BCUT2D eigenvalue weighted by Crippen LogP contribution is -2.02. The molecule has 1 heterocycles. The minimum Gasteiger partial charge on any atom is -0.455 e. The zero-order valence-corrected chi connectivity index (χ0v) is 11.9. The predicted octanol–water partition coefficient (Wildman–Crippen LogP) is 4.17. The van der Waals surface area contributed by atoms with E-state index in [2.05, 4.69) is 12.0 Å². The average molecular weight is 260 g/mol. The first-order valence-electron chi connectivity index (χ1n) is 7.27. The average Bonchev–Trinajstić information content (AvgIpc) is 2.70.